The summed E-state index contributed by atoms with van der Waals surface area (Å²) in [7, 11) is 0. The highest BCUT2D eigenvalue weighted by Gasteiger charge is 2.06. The van der Waals surface area contributed by atoms with Crippen LogP contribution in [0, 0.1) is 5.82 Å². The van der Waals surface area contributed by atoms with E-state index in [9.17, 15) is 4.39 Å². The summed E-state index contributed by atoms with van der Waals surface area (Å²) in [5.41, 5.74) is 1.80. The molecule has 0 aliphatic carbocycles. The fraction of sp³-hybridized carbons (Fsp3) is 0.227. The topological polar surface area (TPSA) is 43.4 Å². The number of benzene rings is 2. The Bertz CT molecular complexity index is 877. The average Bonchev–Trinajstić information content (AvgIpc) is 2.71. The summed E-state index contributed by atoms with van der Waals surface area (Å²) in [6, 6.07) is 17.7. The zero-order chi connectivity index (χ0) is 19.6. The third kappa shape index (κ3) is 6.22. The Morgan fingerprint density at radius 2 is 1.82 bits per heavy atom. The first kappa shape index (κ1) is 20.1. The molecule has 3 rings (SSSR count). The number of halogens is 2. The van der Waals surface area contributed by atoms with Crippen LogP contribution in [0.1, 0.15) is 17.5 Å². The van der Waals surface area contributed by atoms with Crippen molar-refractivity contribution in [3.05, 3.63) is 88.8 Å². The van der Waals surface area contributed by atoms with Crippen molar-refractivity contribution in [2.45, 2.75) is 19.6 Å². The molecule has 28 heavy (non-hydrogen) atoms. The molecule has 0 aliphatic rings. The standard InChI is InChI=1S/C22H22ClFN2O2/c23-20-14-19(24)10-9-18(20)16-28-21-7-2-1-6-17(21)15-25-11-5-13-27-22-8-3-4-12-26-22/h1-4,6-10,12,14,25H,5,11,13,15-16H2. The van der Waals surface area contributed by atoms with Gasteiger partial charge in [-0.3, -0.25) is 0 Å². The Labute approximate surface area is 169 Å². The molecule has 6 heteroatoms. The van der Waals surface area contributed by atoms with Crippen molar-refractivity contribution in [1.29, 1.82) is 0 Å². The van der Waals surface area contributed by atoms with E-state index in [1.54, 1.807) is 12.3 Å². The highest BCUT2D eigenvalue weighted by Crippen LogP contribution is 2.22. The Morgan fingerprint density at radius 3 is 2.64 bits per heavy atom. The second kappa shape index (κ2) is 10.6. The van der Waals surface area contributed by atoms with E-state index >= 15 is 0 Å². The summed E-state index contributed by atoms with van der Waals surface area (Å²) in [4.78, 5) is 4.12. The number of nitrogens with one attached hydrogen (secondary N) is 1. The lowest BCUT2D eigenvalue weighted by Crippen LogP contribution is -2.17. The monoisotopic (exact) mass is 400 g/mol. The van der Waals surface area contributed by atoms with Gasteiger partial charge in [-0.15, -0.1) is 0 Å². The second-order valence-corrected chi connectivity index (χ2v) is 6.59. The smallest absolute Gasteiger partial charge is 0.213 e. The fourth-order valence-electron chi connectivity index (χ4n) is 2.61. The maximum Gasteiger partial charge on any atom is 0.213 e. The van der Waals surface area contributed by atoms with E-state index < -0.39 is 0 Å². The lowest BCUT2D eigenvalue weighted by Gasteiger charge is -2.13. The Kier molecular flexibility index (Phi) is 7.64. The van der Waals surface area contributed by atoms with E-state index in [0.29, 0.717) is 24.1 Å². The highest BCUT2D eigenvalue weighted by atomic mass is 35.5. The number of para-hydroxylation sites is 1. The molecular formula is C22H22ClFN2O2. The van der Waals surface area contributed by atoms with Crippen LogP contribution in [0.25, 0.3) is 0 Å². The van der Waals surface area contributed by atoms with E-state index in [0.717, 1.165) is 29.8 Å². The number of rotatable bonds is 10. The highest BCUT2D eigenvalue weighted by molar-refractivity contribution is 6.31. The van der Waals surface area contributed by atoms with Crippen molar-refractivity contribution in [3.8, 4) is 11.6 Å². The fourth-order valence-corrected chi connectivity index (χ4v) is 2.84. The quantitative estimate of drug-likeness (QED) is 0.486. The van der Waals surface area contributed by atoms with Gasteiger partial charge in [0.1, 0.15) is 18.2 Å². The van der Waals surface area contributed by atoms with Crippen LogP contribution >= 0.6 is 11.6 Å². The molecule has 0 atom stereocenters. The van der Waals surface area contributed by atoms with Gasteiger partial charge in [0, 0.05) is 29.9 Å². The normalized spacial score (nSPS) is 10.6. The number of aromatic nitrogens is 1. The molecule has 0 saturated heterocycles. The van der Waals surface area contributed by atoms with Crippen LogP contribution in [-0.2, 0) is 13.2 Å². The molecule has 0 amide bonds. The maximum absolute atomic E-state index is 13.2. The van der Waals surface area contributed by atoms with Crippen molar-refractivity contribution in [2.75, 3.05) is 13.2 Å². The van der Waals surface area contributed by atoms with Crippen LogP contribution in [0.2, 0.25) is 5.02 Å². The van der Waals surface area contributed by atoms with Gasteiger partial charge in [0.2, 0.25) is 5.88 Å². The number of ether oxygens (including phenoxy) is 2. The molecular weight excluding hydrogens is 379 g/mol. The van der Waals surface area contributed by atoms with Gasteiger partial charge < -0.3 is 14.8 Å². The van der Waals surface area contributed by atoms with E-state index in [1.807, 2.05) is 42.5 Å². The predicted octanol–water partition coefficient (Wildman–Crippen LogP) is 5.01. The van der Waals surface area contributed by atoms with Crippen molar-refractivity contribution in [1.82, 2.24) is 10.3 Å². The van der Waals surface area contributed by atoms with Gasteiger partial charge in [-0.2, -0.15) is 0 Å². The van der Waals surface area contributed by atoms with Gasteiger partial charge in [-0.05, 0) is 37.2 Å². The van der Waals surface area contributed by atoms with E-state index in [2.05, 4.69) is 10.3 Å². The van der Waals surface area contributed by atoms with Gasteiger partial charge in [0.05, 0.1) is 11.6 Å². The first-order valence-corrected chi connectivity index (χ1v) is 9.49. The predicted molar refractivity (Wildman–Crippen MR) is 108 cm³/mol. The Balaban J connectivity index is 1.43. The average molecular weight is 401 g/mol. The van der Waals surface area contributed by atoms with Gasteiger partial charge in [0.25, 0.3) is 0 Å². The third-order valence-electron chi connectivity index (χ3n) is 4.07. The largest absolute Gasteiger partial charge is 0.489 e. The van der Waals surface area contributed by atoms with Crippen LogP contribution in [0.5, 0.6) is 11.6 Å². The maximum atomic E-state index is 13.2. The zero-order valence-corrected chi connectivity index (χ0v) is 16.2. The van der Waals surface area contributed by atoms with E-state index in [1.165, 1.54) is 12.1 Å². The molecule has 0 aliphatic heterocycles. The SMILES string of the molecule is Fc1ccc(COc2ccccc2CNCCCOc2ccccn2)c(Cl)c1. The Morgan fingerprint density at radius 1 is 0.964 bits per heavy atom. The van der Waals surface area contributed by atoms with Gasteiger partial charge in [-0.1, -0.05) is 41.9 Å². The zero-order valence-electron chi connectivity index (χ0n) is 15.4. The molecule has 4 nitrogen and oxygen atoms in total. The minimum atomic E-state index is -0.356. The molecule has 2 aromatic carbocycles. The van der Waals surface area contributed by atoms with Crippen LogP contribution in [0.15, 0.2) is 66.9 Å². The summed E-state index contributed by atoms with van der Waals surface area (Å²) < 4.78 is 24.6. The summed E-state index contributed by atoms with van der Waals surface area (Å²) in [6.45, 7) is 2.38. The van der Waals surface area contributed by atoms with Crippen LogP contribution in [0.3, 0.4) is 0 Å². The van der Waals surface area contributed by atoms with E-state index in [-0.39, 0.29) is 12.4 Å². The van der Waals surface area contributed by atoms with Gasteiger partial charge in [0.15, 0.2) is 0 Å². The summed E-state index contributed by atoms with van der Waals surface area (Å²) in [6.07, 6.45) is 2.58. The van der Waals surface area contributed by atoms with Crippen LogP contribution in [-0.4, -0.2) is 18.1 Å². The van der Waals surface area contributed by atoms with E-state index in [4.69, 9.17) is 21.1 Å². The van der Waals surface area contributed by atoms with Crippen molar-refractivity contribution in [2.24, 2.45) is 0 Å². The molecule has 3 aromatic rings. The minimum Gasteiger partial charge on any atom is -0.489 e. The summed E-state index contributed by atoms with van der Waals surface area (Å²) in [5.74, 6) is 1.06. The van der Waals surface area contributed by atoms with Gasteiger partial charge in [-0.25, -0.2) is 9.37 Å². The Hall–Kier alpha value is -2.63. The van der Waals surface area contributed by atoms with Crippen molar-refractivity contribution < 1.29 is 13.9 Å². The van der Waals surface area contributed by atoms with Crippen LogP contribution < -0.4 is 14.8 Å². The molecule has 1 N–H and O–H groups in total. The number of pyridine rings is 1. The molecule has 0 fully saturated rings. The minimum absolute atomic E-state index is 0.286. The molecule has 0 radical (unpaired) electrons. The molecule has 146 valence electrons. The molecule has 0 spiro atoms. The number of nitrogens with zero attached hydrogens (tertiary/aromatic N) is 1. The van der Waals surface area contributed by atoms with Crippen molar-refractivity contribution >= 4 is 11.6 Å². The molecule has 0 unspecified atom stereocenters. The summed E-state index contributed by atoms with van der Waals surface area (Å²) in [5, 5.41) is 3.75. The lowest BCUT2D eigenvalue weighted by molar-refractivity contribution is 0.294. The second-order valence-electron chi connectivity index (χ2n) is 6.18. The molecule has 0 saturated carbocycles. The third-order valence-corrected chi connectivity index (χ3v) is 4.42. The molecule has 0 bridgehead atoms. The number of hydrogen-bond donors (Lipinski definition) is 1. The van der Waals surface area contributed by atoms with Crippen molar-refractivity contribution in [3.63, 3.8) is 0 Å². The lowest BCUT2D eigenvalue weighted by atomic mass is 10.2. The first-order valence-electron chi connectivity index (χ1n) is 9.11. The molecule has 1 heterocycles. The van der Waals surface area contributed by atoms with Gasteiger partial charge >= 0.3 is 0 Å². The summed E-state index contributed by atoms with van der Waals surface area (Å²) >= 11 is 6.06. The molecule has 1 aromatic heterocycles. The van der Waals surface area contributed by atoms with Crippen LogP contribution in [0.4, 0.5) is 4.39 Å². The first-order chi connectivity index (χ1) is 13.7. The number of hydrogen-bond acceptors (Lipinski definition) is 4.